The van der Waals surface area contributed by atoms with Gasteiger partial charge in [0, 0.05) is 0 Å². The first-order chi connectivity index (χ1) is 8.63. The van der Waals surface area contributed by atoms with Crippen molar-refractivity contribution in [2.45, 2.75) is 0 Å². The Labute approximate surface area is 123 Å². The van der Waals surface area contributed by atoms with Gasteiger partial charge in [0.05, 0.1) is 0 Å². The van der Waals surface area contributed by atoms with E-state index in [2.05, 4.69) is 0 Å². The molecular weight excluding hydrogens is 239 g/mol. The summed E-state index contributed by atoms with van der Waals surface area (Å²) < 4.78 is 6.08. The van der Waals surface area contributed by atoms with Crippen LogP contribution in [0.15, 0.2) is 42.5 Å². The molecule has 4 heteroatoms. The molecule has 0 saturated carbocycles. The molecule has 0 aromatic heterocycles. The van der Waals surface area contributed by atoms with E-state index in [4.69, 9.17) is 4.74 Å². The molecule has 2 rings (SSSR count). The van der Waals surface area contributed by atoms with Gasteiger partial charge < -0.3 is 0 Å². The van der Waals surface area contributed by atoms with Crippen LogP contribution in [0.3, 0.4) is 0 Å². The fraction of sp³-hybridized carbons (Fsp3) is 0.0714. The van der Waals surface area contributed by atoms with Gasteiger partial charge in [0.2, 0.25) is 0 Å². The van der Waals surface area contributed by atoms with Crippen LogP contribution in [0, 0.1) is 0 Å². The summed E-state index contributed by atoms with van der Waals surface area (Å²) in [6.07, 6.45) is 0. The molecule has 3 nitrogen and oxygen atoms in total. The van der Waals surface area contributed by atoms with Crippen molar-refractivity contribution in [3.8, 4) is 11.5 Å². The van der Waals surface area contributed by atoms with E-state index in [1.54, 1.807) is 37.4 Å². The predicted octanol–water partition coefficient (Wildman–Crippen LogP) is 1.43. The maximum atomic E-state index is 12.2. The van der Waals surface area contributed by atoms with Gasteiger partial charge in [0.25, 0.3) is 0 Å². The standard InChI is InChI=1S/C14H11O3.Na/c1-17-11-7-8-12(13(15)9-11)14(16)10-5-3-2-4-6-10;/h2-6,8-9,15H,1H3;. The van der Waals surface area contributed by atoms with Crippen LogP contribution < -0.4 is 7.55 Å². The van der Waals surface area contributed by atoms with Crippen LogP contribution in [-0.2, 0) is 0 Å². The molecule has 0 spiro atoms. The zero-order valence-corrected chi connectivity index (χ0v) is 12.3. The number of aromatic hydroxyl groups is 1. The molecule has 0 amide bonds. The number of hydrogen-bond acceptors (Lipinski definition) is 3. The molecule has 1 N–H and O–H groups in total. The third-order valence-electron chi connectivity index (χ3n) is 2.79. The van der Waals surface area contributed by atoms with Crippen molar-refractivity contribution in [2.24, 2.45) is 0 Å². The fourth-order valence-electron chi connectivity index (χ4n) is 1.82. The molecule has 18 heavy (non-hydrogen) atoms. The third-order valence-corrected chi connectivity index (χ3v) is 3.58. The fourth-order valence-corrected chi connectivity index (χ4v) is 2.46. The van der Waals surface area contributed by atoms with Crippen molar-refractivity contribution < 1.29 is 14.6 Å². The van der Waals surface area contributed by atoms with Gasteiger partial charge >= 0.3 is 123 Å². The van der Waals surface area contributed by atoms with Crippen LogP contribution in [0.4, 0.5) is 0 Å². The molecule has 0 heterocycles. The topological polar surface area (TPSA) is 46.5 Å². The average Bonchev–Trinajstić information content (AvgIpc) is 2.41. The summed E-state index contributed by atoms with van der Waals surface area (Å²) >= 11 is 0.751. The van der Waals surface area contributed by atoms with E-state index in [0.29, 0.717) is 16.9 Å². The molecule has 0 saturated heterocycles. The van der Waals surface area contributed by atoms with Gasteiger partial charge in [0.15, 0.2) is 0 Å². The predicted molar refractivity (Wildman–Crippen MR) is 69.9 cm³/mol. The van der Waals surface area contributed by atoms with Gasteiger partial charge in [0.1, 0.15) is 0 Å². The maximum absolute atomic E-state index is 12.2. The Morgan fingerprint density at radius 1 is 1.22 bits per heavy atom. The normalized spacial score (nSPS) is 10.2. The quantitative estimate of drug-likeness (QED) is 0.662. The first-order valence-corrected chi connectivity index (χ1v) is 6.61. The van der Waals surface area contributed by atoms with Gasteiger partial charge in [-0.3, -0.25) is 0 Å². The number of methoxy groups -OCH3 is 1. The van der Waals surface area contributed by atoms with Crippen LogP contribution in [0.1, 0.15) is 15.9 Å². The minimum atomic E-state index is -0.173. The van der Waals surface area contributed by atoms with Crippen molar-refractivity contribution in [1.82, 2.24) is 0 Å². The second-order valence-corrected chi connectivity index (χ2v) is 5.11. The number of ether oxygens (including phenoxy) is 1. The van der Waals surface area contributed by atoms with E-state index in [1.165, 1.54) is 6.07 Å². The molecule has 2 aromatic rings. The van der Waals surface area contributed by atoms with Crippen LogP contribution in [0.2, 0.25) is 0 Å². The number of rotatable bonds is 3. The summed E-state index contributed by atoms with van der Waals surface area (Å²) in [5, 5.41) is 9.89. The second-order valence-electron chi connectivity index (χ2n) is 4.03. The Bertz CT molecular complexity index is 579. The molecule has 0 aliphatic carbocycles. The van der Waals surface area contributed by atoms with Crippen LogP contribution >= 0.6 is 0 Å². The van der Waals surface area contributed by atoms with E-state index >= 15 is 0 Å². The van der Waals surface area contributed by atoms with Gasteiger partial charge in [-0.25, -0.2) is 0 Å². The summed E-state index contributed by atoms with van der Waals surface area (Å²) in [6, 6.07) is 12.1. The number of carbonyl (C=O) groups excluding carboxylic acids is 1. The van der Waals surface area contributed by atoms with Gasteiger partial charge in [-0.05, 0) is 0 Å². The van der Waals surface area contributed by atoms with Crippen LogP contribution in [0.25, 0.3) is 0 Å². The van der Waals surface area contributed by atoms with Crippen LogP contribution in [-0.4, -0.2) is 45.9 Å². The molecule has 0 unspecified atom stereocenters. The number of benzene rings is 2. The molecule has 0 radical (unpaired) electrons. The Morgan fingerprint density at radius 3 is 2.50 bits per heavy atom. The van der Waals surface area contributed by atoms with Crippen molar-refractivity contribution in [3.05, 3.63) is 53.6 Å². The van der Waals surface area contributed by atoms with E-state index in [0.717, 1.165) is 30.7 Å². The zero-order valence-electron chi connectivity index (χ0n) is 10.3. The Hall–Kier alpha value is -1.29. The molecule has 0 atom stereocenters. The molecule has 0 aliphatic rings. The number of hydrogen-bond donors (Lipinski definition) is 1. The van der Waals surface area contributed by atoms with Crippen molar-refractivity contribution >= 4 is 36.5 Å². The minimum absolute atomic E-state index is 0.0414. The summed E-state index contributed by atoms with van der Waals surface area (Å²) in [5.74, 6) is 0.414. The SMILES string of the molecule is COc1cc(O)c(C(=O)c2ccccc2)c[c]1[Na]. The molecule has 86 valence electrons. The van der Waals surface area contributed by atoms with E-state index in [1.807, 2.05) is 6.07 Å². The Kier molecular flexibility index (Phi) is 4.07. The number of carbonyl (C=O) groups is 1. The Balaban J connectivity index is 2.46. The van der Waals surface area contributed by atoms with E-state index in [9.17, 15) is 9.90 Å². The molecule has 0 fully saturated rings. The Morgan fingerprint density at radius 2 is 1.89 bits per heavy atom. The summed E-state index contributed by atoms with van der Waals surface area (Å²) in [5.41, 5.74) is 0.894. The monoisotopic (exact) mass is 250 g/mol. The number of phenolic OH excluding ortho intramolecular Hbond substituents is 1. The van der Waals surface area contributed by atoms with Crippen molar-refractivity contribution in [1.29, 1.82) is 0 Å². The number of ketones is 1. The molecule has 2 aromatic carbocycles. The second kappa shape index (κ2) is 5.57. The van der Waals surface area contributed by atoms with Gasteiger partial charge in [-0.2, -0.15) is 0 Å². The van der Waals surface area contributed by atoms with Gasteiger partial charge in [-0.1, -0.05) is 0 Å². The summed E-state index contributed by atoms with van der Waals surface area (Å²) in [4.78, 5) is 12.2. The first kappa shape index (κ1) is 13.1. The van der Waals surface area contributed by atoms with Crippen LogP contribution in [0.5, 0.6) is 11.5 Å². The van der Waals surface area contributed by atoms with Gasteiger partial charge in [-0.15, -0.1) is 0 Å². The van der Waals surface area contributed by atoms with Crippen molar-refractivity contribution in [3.63, 3.8) is 0 Å². The van der Waals surface area contributed by atoms with Crippen molar-refractivity contribution in [2.75, 3.05) is 7.11 Å². The molecule has 0 bridgehead atoms. The van der Waals surface area contributed by atoms with E-state index in [-0.39, 0.29) is 11.5 Å². The average molecular weight is 250 g/mol. The summed E-state index contributed by atoms with van der Waals surface area (Å²) in [6.45, 7) is 0. The molecular formula is C14H11NaO3. The number of phenols is 1. The summed E-state index contributed by atoms with van der Waals surface area (Å²) in [7, 11) is 1.55. The zero-order chi connectivity index (χ0) is 13.1. The third kappa shape index (κ3) is 2.58. The molecule has 0 aliphatic heterocycles. The first-order valence-electron chi connectivity index (χ1n) is 5.61. The van der Waals surface area contributed by atoms with E-state index < -0.39 is 0 Å².